The lowest BCUT2D eigenvalue weighted by Gasteiger charge is -2.57. The van der Waals surface area contributed by atoms with Crippen molar-refractivity contribution in [2.45, 2.75) is 55.2 Å². The second-order valence-electron chi connectivity index (χ2n) is 9.49. The molecule has 2 heterocycles. The standard InChI is InChI=1S/C21H24N4O2S2/c1-12-2-3-16(21-8-13-4-14(9-21)6-15(5-13)10-21)7-17(12)18-11-25-19(23-18)28-20(24-25)29(22,26)27/h2-3,7,11,13-15H,4-6,8-10H2,1H3,(H2,22,26,27). The first-order chi connectivity index (χ1) is 13.8. The van der Waals surface area contributed by atoms with Crippen LogP contribution in [0.4, 0.5) is 0 Å². The van der Waals surface area contributed by atoms with Gasteiger partial charge in [-0.2, -0.15) is 0 Å². The average molecular weight is 429 g/mol. The molecule has 0 atom stereocenters. The number of nitrogens with zero attached hydrogens (tertiary/aromatic N) is 3. The Morgan fingerprint density at radius 2 is 1.79 bits per heavy atom. The number of hydrogen-bond donors (Lipinski definition) is 1. The fraction of sp³-hybridized carbons (Fsp3) is 0.524. The van der Waals surface area contributed by atoms with E-state index < -0.39 is 10.0 Å². The Labute approximate surface area is 174 Å². The molecule has 0 radical (unpaired) electrons. The van der Waals surface area contributed by atoms with Crippen molar-refractivity contribution >= 4 is 26.3 Å². The lowest BCUT2D eigenvalue weighted by atomic mass is 9.48. The predicted octanol–water partition coefficient (Wildman–Crippen LogP) is 3.88. The highest BCUT2D eigenvalue weighted by Crippen LogP contribution is 2.60. The molecule has 3 aromatic rings. The quantitative estimate of drug-likeness (QED) is 0.685. The van der Waals surface area contributed by atoms with Crippen LogP contribution < -0.4 is 5.14 Å². The number of aryl methyl sites for hydroxylation is 1. The monoisotopic (exact) mass is 428 g/mol. The van der Waals surface area contributed by atoms with Crippen molar-refractivity contribution in [3.8, 4) is 11.3 Å². The first kappa shape index (κ1) is 18.0. The van der Waals surface area contributed by atoms with Crippen LogP contribution in [0.15, 0.2) is 28.7 Å². The summed E-state index contributed by atoms with van der Waals surface area (Å²) in [7, 11) is -3.81. The maximum Gasteiger partial charge on any atom is 0.267 e. The van der Waals surface area contributed by atoms with Crippen LogP contribution in [0.25, 0.3) is 16.2 Å². The van der Waals surface area contributed by atoms with E-state index in [1.165, 1.54) is 54.2 Å². The Balaban J connectivity index is 1.42. The van der Waals surface area contributed by atoms with Crippen molar-refractivity contribution in [3.05, 3.63) is 35.5 Å². The van der Waals surface area contributed by atoms with Crippen LogP contribution in [0.1, 0.15) is 49.7 Å². The maximum absolute atomic E-state index is 11.5. The van der Waals surface area contributed by atoms with Crippen molar-refractivity contribution in [1.82, 2.24) is 14.6 Å². The molecule has 4 fully saturated rings. The molecule has 0 aliphatic heterocycles. The number of fused-ring (bicyclic) bond motifs is 1. The molecule has 7 rings (SSSR count). The summed E-state index contributed by atoms with van der Waals surface area (Å²) >= 11 is 1.00. The fourth-order valence-corrected chi connectivity index (χ4v) is 8.12. The third-order valence-corrected chi connectivity index (χ3v) is 9.66. The van der Waals surface area contributed by atoms with Crippen molar-refractivity contribution < 1.29 is 8.42 Å². The van der Waals surface area contributed by atoms with Gasteiger partial charge in [-0.15, -0.1) is 5.10 Å². The van der Waals surface area contributed by atoms with Crippen LogP contribution in [0.2, 0.25) is 0 Å². The van der Waals surface area contributed by atoms with Crippen LogP contribution in [-0.4, -0.2) is 23.0 Å². The Morgan fingerprint density at radius 3 is 2.38 bits per heavy atom. The van der Waals surface area contributed by atoms with E-state index >= 15 is 0 Å². The third kappa shape index (κ3) is 2.79. The second kappa shape index (κ2) is 5.89. The van der Waals surface area contributed by atoms with E-state index in [1.807, 2.05) is 6.20 Å². The number of aromatic nitrogens is 3. The van der Waals surface area contributed by atoms with Gasteiger partial charge in [0.2, 0.25) is 9.30 Å². The minimum Gasteiger partial charge on any atom is -0.223 e. The molecule has 4 aliphatic carbocycles. The summed E-state index contributed by atoms with van der Waals surface area (Å²) in [5.74, 6) is 2.72. The summed E-state index contributed by atoms with van der Waals surface area (Å²) in [6.45, 7) is 2.11. The number of hydrogen-bond acceptors (Lipinski definition) is 5. The van der Waals surface area contributed by atoms with E-state index in [9.17, 15) is 8.42 Å². The first-order valence-electron chi connectivity index (χ1n) is 10.3. The van der Waals surface area contributed by atoms with Crippen molar-refractivity contribution in [1.29, 1.82) is 0 Å². The number of primary sulfonamides is 1. The zero-order chi connectivity index (χ0) is 20.0. The van der Waals surface area contributed by atoms with Crippen LogP contribution >= 0.6 is 11.3 Å². The highest BCUT2D eigenvalue weighted by atomic mass is 32.2. The Kier molecular flexibility index (Phi) is 3.66. The number of imidazole rings is 1. The predicted molar refractivity (Wildman–Crippen MR) is 112 cm³/mol. The summed E-state index contributed by atoms with van der Waals surface area (Å²) in [4.78, 5) is 5.21. The number of benzene rings is 1. The second-order valence-corrected chi connectivity index (χ2v) is 12.2. The molecular formula is C21H24N4O2S2. The highest BCUT2D eigenvalue weighted by molar-refractivity contribution is 7.91. The fourth-order valence-electron chi connectivity index (χ4n) is 6.62. The normalized spacial score (nSPS) is 31.0. The lowest BCUT2D eigenvalue weighted by molar-refractivity contribution is -0.00517. The third-order valence-electron chi connectivity index (χ3n) is 7.43. The molecule has 1 aromatic carbocycles. The van der Waals surface area contributed by atoms with E-state index in [0.717, 1.165) is 40.3 Å². The van der Waals surface area contributed by atoms with E-state index in [0.29, 0.717) is 10.4 Å². The molecule has 0 saturated heterocycles. The van der Waals surface area contributed by atoms with E-state index in [-0.39, 0.29) is 4.34 Å². The lowest BCUT2D eigenvalue weighted by Crippen LogP contribution is -2.48. The molecule has 4 saturated carbocycles. The summed E-state index contributed by atoms with van der Waals surface area (Å²) < 4.78 is 24.5. The molecule has 2 N–H and O–H groups in total. The van der Waals surface area contributed by atoms with Crippen LogP contribution in [-0.2, 0) is 15.4 Å². The molecule has 4 bridgehead atoms. The molecule has 6 nitrogen and oxygen atoms in total. The van der Waals surface area contributed by atoms with Gasteiger partial charge < -0.3 is 0 Å². The zero-order valence-corrected chi connectivity index (χ0v) is 18.0. The molecular weight excluding hydrogens is 404 g/mol. The van der Waals surface area contributed by atoms with E-state index in [1.54, 1.807) is 0 Å². The van der Waals surface area contributed by atoms with Gasteiger partial charge in [0.05, 0.1) is 11.9 Å². The van der Waals surface area contributed by atoms with Crippen LogP contribution in [0.3, 0.4) is 0 Å². The molecule has 152 valence electrons. The van der Waals surface area contributed by atoms with Gasteiger partial charge in [-0.05, 0) is 85.8 Å². The van der Waals surface area contributed by atoms with Crippen molar-refractivity contribution in [3.63, 3.8) is 0 Å². The van der Waals surface area contributed by atoms with E-state index in [2.05, 4.69) is 35.2 Å². The summed E-state index contributed by atoms with van der Waals surface area (Å²) in [6, 6.07) is 6.90. The van der Waals surface area contributed by atoms with E-state index in [4.69, 9.17) is 5.14 Å². The van der Waals surface area contributed by atoms with Gasteiger partial charge >= 0.3 is 0 Å². The highest BCUT2D eigenvalue weighted by Gasteiger charge is 2.51. The van der Waals surface area contributed by atoms with Crippen molar-refractivity contribution in [2.75, 3.05) is 0 Å². The zero-order valence-electron chi connectivity index (χ0n) is 16.3. The Hall–Kier alpha value is -1.77. The average Bonchev–Trinajstić information content (AvgIpc) is 3.19. The first-order valence-corrected chi connectivity index (χ1v) is 12.7. The van der Waals surface area contributed by atoms with Crippen molar-refractivity contribution in [2.24, 2.45) is 22.9 Å². The number of rotatable bonds is 3. The minimum atomic E-state index is -3.81. The van der Waals surface area contributed by atoms with Crippen LogP contribution in [0, 0.1) is 24.7 Å². The minimum absolute atomic E-state index is 0.106. The van der Waals surface area contributed by atoms with Crippen LogP contribution in [0.5, 0.6) is 0 Å². The Bertz CT molecular complexity index is 1170. The summed E-state index contributed by atoms with van der Waals surface area (Å²) in [5.41, 5.74) is 4.94. The number of nitrogens with two attached hydrogens (primary N) is 1. The summed E-state index contributed by atoms with van der Waals surface area (Å²) in [5, 5.41) is 9.29. The molecule has 2 aromatic heterocycles. The van der Waals surface area contributed by atoms with Gasteiger partial charge in [0.25, 0.3) is 10.0 Å². The number of sulfonamides is 1. The maximum atomic E-state index is 11.5. The summed E-state index contributed by atoms with van der Waals surface area (Å²) in [6.07, 6.45) is 10.1. The Morgan fingerprint density at radius 1 is 1.14 bits per heavy atom. The molecule has 0 spiro atoms. The molecule has 29 heavy (non-hydrogen) atoms. The van der Waals surface area contributed by atoms with Gasteiger partial charge in [0.1, 0.15) is 0 Å². The van der Waals surface area contributed by atoms with Gasteiger partial charge in [-0.25, -0.2) is 23.1 Å². The topological polar surface area (TPSA) is 90.4 Å². The van der Waals surface area contributed by atoms with Gasteiger partial charge in [-0.1, -0.05) is 23.5 Å². The molecule has 8 heteroatoms. The van der Waals surface area contributed by atoms with Gasteiger partial charge in [0.15, 0.2) is 0 Å². The van der Waals surface area contributed by atoms with Gasteiger partial charge in [-0.3, -0.25) is 0 Å². The molecule has 0 amide bonds. The SMILES string of the molecule is Cc1ccc(C23CC4CC(CC(C4)C2)C3)cc1-c1cn2nc(S(N)(=O)=O)sc2n1. The molecule has 4 aliphatic rings. The largest absolute Gasteiger partial charge is 0.267 e. The smallest absolute Gasteiger partial charge is 0.223 e. The molecule has 0 unspecified atom stereocenters. The van der Waals surface area contributed by atoms with Gasteiger partial charge in [0, 0.05) is 5.56 Å².